The highest BCUT2D eigenvalue weighted by Gasteiger charge is 2.38. The Hall–Kier alpha value is -1.77. The number of hydrogen-bond acceptors (Lipinski definition) is 3. The lowest BCUT2D eigenvalue weighted by molar-refractivity contribution is 0.225. The Morgan fingerprint density at radius 1 is 0.750 bits per heavy atom. The number of benzene rings is 1. The van der Waals surface area contributed by atoms with Crippen molar-refractivity contribution in [2.24, 2.45) is 5.41 Å². The summed E-state index contributed by atoms with van der Waals surface area (Å²) in [6, 6.07) is 9.05. The molecule has 2 aromatic rings. The highest BCUT2D eigenvalue weighted by molar-refractivity contribution is 5.34. The third-order valence-electron chi connectivity index (χ3n) is 6.73. The van der Waals surface area contributed by atoms with Crippen LogP contribution in [0.1, 0.15) is 98.3 Å². The summed E-state index contributed by atoms with van der Waals surface area (Å²) in [5.74, 6) is 0.734. The molecule has 0 saturated heterocycles. The lowest BCUT2D eigenvalue weighted by Gasteiger charge is -2.40. The van der Waals surface area contributed by atoms with E-state index >= 15 is 0 Å². The minimum Gasteiger partial charge on any atom is -0.396 e. The topological polar surface area (TPSA) is 43.4 Å². The van der Waals surface area contributed by atoms with Gasteiger partial charge in [0.2, 0.25) is 0 Å². The van der Waals surface area contributed by atoms with Crippen LogP contribution in [0.2, 0.25) is 0 Å². The average molecular weight is 387 g/mol. The zero-order chi connectivity index (χ0) is 21.5. The molecule has 1 aromatic carbocycles. The molecule has 0 N–H and O–H groups in total. The van der Waals surface area contributed by atoms with Gasteiger partial charge in [-0.25, -0.2) is 4.79 Å². The highest BCUT2D eigenvalue weighted by Crippen LogP contribution is 2.43. The lowest BCUT2D eigenvalue weighted by atomic mass is 9.64. The van der Waals surface area contributed by atoms with Crippen molar-refractivity contribution in [3.8, 4) is 0 Å². The van der Waals surface area contributed by atoms with Crippen LogP contribution in [-0.4, -0.2) is 0 Å². The molecular weight excluding hydrogens is 348 g/mol. The van der Waals surface area contributed by atoms with Crippen molar-refractivity contribution >= 4 is 0 Å². The predicted octanol–water partition coefficient (Wildman–Crippen LogP) is 6.76. The summed E-state index contributed by atoms with van der Waals surface area (Å²) in [5, 5.41) is 0. The van der Waals surface area contributed by atoms with E-state index in [2.05, 4.69) is 86.6 Å². The quantitative estimate of drug-likeness (QED) is 0.550. The van der Waals surface area contributed by atoms with Crippen molar-refractivity contribution < 1.29 is 8.83 Å². The molecule has 0 radical (unpaired) electrons. The fourth-order valence-electron chi connectivity index (χ4n) is 4.11. The Bertz CT molecular complexity index is 852. The van der Waals surface area contributed by atoms with Crippen molar-refractivity contribution in [2.45, 2.75) is 98.3 Å². The first-order chi connectivity index (χ1) is 12.6. The first kappa shape index (κ1) is 22.5. The van der Waals surface area contributed by atoms with Gasteiger partial charge in [-0.05, 0) is 33.8 Å². The summed E-state index contributed by atoms with van der Waals surface area (Å²) in [6.45, 7) is 22.2. The summed E-state index contributed by atoms with van der Waals surface area (Å²) < 4.78 is 10.7. The molecule has 2 rings (SSSR count). The molecule has 28 heavy (non-hydrogen) atoms. The molecule has 1 heterocycles. The van der Waals surface area contributed by atoms with Crippen LogP contribution in [0.4, 0.5) is 0 Å². The zero-order valence-electron chi connectivity index (χ0n) is 19.4. The molecule has 156 valence electrons. The number of rotatable bonds is 6. The van der Waals surface area contributed by atoms with Gasteiger partial charge < -0.3 is 8.83 Å². The summed E-state index contributed by atoms with van der Waals surface area (Å²) in [5.41, 5.74) is 2.54. The van der Waals surface area contributed by atoms with Crippen LogP contribution < -0.4 is 5.82 Å². The Labute approximate surface area is 170 Å². The van der Waals surface area contributed by atoms with E-state index in [1.807, 2.05) is 6.92 Å². The molecule has 0 fully saturated rings. The first-order valence-electron chi connectivity index (χ1n) is 10.4. The molecule has 1 aromatic heterocycles. The minimum absolute atomic E-state index is 0.0746. The fraction of sp³-hybridized carbons (Fsp3) is 0.640. The van der Waals surface area contributed by atoms with Gasteiger partial charge in [0.15, 0.2) is 5.76 Å². The molecule has 0 aliphatic rings. The molecule has 0 atom stereocenters. The second-order valence-corrected chi connectivity index (χ2v) is 11.0. The third kappa shape index (κ3) is 4.29. The van der Waals surface area contributed by atoms with Gasteiger partial charge in [-0.3, -0.25) is 0 Å². The van der Waals surface area contributed by atoms with Crippen molar-refractivity contribution in [1.29, 1.82) is 0 Å². The van der Waals surface area contributed by atoms with Crippen molar-refractivity contribution in [3.63, 3.8) is 0 Å². The average Bonchev–Trinajstić information content (AvgIpc) is 2.95. The van der Waals surface area contributed by atoms with Crippen LogP contribution in [0.5, 0.6) is 0 Å². The highest BCUT2D eigenvalue weighted by atomic mass is 16.6. The van der Waals surface area contributed by atoms with E-state index in [0.717, 1.165) is 6.42 Å². The lowest BCUT2D eigenvalue weighted by Crippen LogP contribution is -2.34. The zero-order valence-corrected chi connectivity index (χ0v) is 19.4. The van der Waals surface area contributed by atoms with Crippen molar-refractivity contribution in [3.05, 3.63) is 57.5 Å². The smallest absolute Gasteiger partial charge is 0.396 e. The number of hydrogen-bond donors (Lipinski definition) is 0. The van der Waals surface area contributed by atoms with Gasteiger partial charge >= 0.3 is 5.82 Å². The molecule has 0 spiro atoms. The monoisotopic (exact) mass is 386 g/mol. The maximum atomic E-state index is 11.6. The normalized spacial score (nSPS) is 13.8. The van der Waals surface area contributed by atoms with Crippen molar-refractivity contribution in [1.82, 2.24) is 0 Å². The van der Waals surface area contributed by atoms with E-state index < -0.39 is 5.82 Å². The SMILES string of the molecule is CCc1oc(=O)oc1C(C)(C)CC(C)(C)c1ccc(C(C)(C)C(C)(C)C)cc1. The van der Waals surface area contributed by atoms with Crippen LogP contribution in [0.3, 0.4) is 0 Å². The molecule has 0 aliphatic carbocycles. The van der Waals surface area contributed by atoms with Gasteiger partial charge in [0.1, 0.15) is 5.76 Å². The van der Waals surface area contributed by atoms with Gasteiger partial charge in [0.25, 0.3) is 0 Å². The second kappa shape index (κ2) is 7.24. The Morgan fingerprint density at radius 3 is 1.71 bits per heavy atom. The second-order valence-electron chi connectivity index (χ2n) is 11.0. The van der Waals surface area contributed by atoms with E-state index in [-0.39, 0.29) is 21.7 Å². The minimum atomic E-state index is -0.605. The Kier molecular flexibility index (Phi) is 5.82. The van der Waals surface area contributed by atoms with E-state index in [9.17, 15) is 4.79 Å². The van der Waals surface area contributed by atoms with E-state index in [1.54, 1.807) is 0 Å². The first-order valence-corrected chi connectivity index (χ1v) is 10.4. The van der Waals surface area contributed by atoms with E-state index in [4.69, 9.17) is 8.83 Å². The number of aryl methyl sites for hydroxylation is 1. The largest absolute Gasteiger partial charge is 0.519 e. The summed E-state index contributed by atoms with van der Waals surface area (Å²) in [7, 11) is 0. The van der Waals surface area contributed by atoms with Gasteiger partial charge in [-0.2, -0.15) is 0 Å². The van der Waals surface area contributed by atoms with E-state index in [0.29, 0.717) is 17.9 Å². The fourth-order valence-corrected chi connectivity index (χ4v) is 4.11. The molecular formula is C25H38O3. The molecule has 3 heteroatoms. The molecule has 0 aliphatic heterocycles. The predicted molar refractivity (Wildman–Crippen MR) is 116 cm³/mol. The Balaban J connectivity index is 2.33. The van der Waals surface area contributed by atoms with Crippen LogP contribution >= 0.6 is 0 Å². The molecule has 3 nitrogen and oxygen atoms in total. The molecule has 0 saturated carbocycles. The van der Waals surface area contributed by atoms with Gasteiger partial charge in [-0.15, -0.1) is 0 Å². The van der Waals surface area contributed by atoms with Gasteiger partial charge in [0.05, 0.1) is 0 Å². The molecule has 0 amide bonds. The van der Waals surface area contributed by atoms with E-state index in [1.165, 1.54) is 11.1 Å². The third-order valence-corrected chi connectivity index (χ3v) is 6.73. The maximum Gasteiger partial charge on any atom is 0.519 e. The van der Waals surface area contributed by atoms with Crippen LogP contribution in [0, 0.1) is 5.41 Å². The van der Waals surface area contributed by atoms with Crippen molar-refractivity contribution in [2.75, 3.05) is 0 Å². The maximum absolute atomic E-state index is 11.6. The summed E-state index contributed by atoms with van der Waals surface area (Å²) in [6.07, 6.45) is 1.50. The van der Waals surface area contributed by atoms with Gasteiger partial charge in [-0.1, -0.05) is 93.5 Å². The van der Waals surface area contributed by atoms with Crippen LogP contribution in [-0.2, 0) is 22.7 Å². The molecule has 0 bridgehead atoms. The summed E-state index contributed by atoms with van der Waals surface area (Å²) >= 11 is 0. The van der Waals surface area contributed by atoms with Crippen LogP contribution in [0.15, 0.2) is 37.9 Å². The van der Waals surface area contributed by atoms with Crippen LogP contribution in [0.25, 0.3) is 0 Å². The standard InChI is InChI=1S/C25H38O3/c1-11-19-20(28-21(26)27-19)24(7,8)16-23(5,6)17-12-14-18(15-13-17)25(9,10)22(2,3)4/h12-15H,11,16H2,1-10H3. The Morgan fingerprint density at radius 2 is 1.25 bits per heavy atom. The van der Waals surface area contributed by atoms with Gasteiger partial charge in [0, 0.05) is 11.8 Å². The molecule has 0 unspecified atom stereocenters. The summed E-state index contributed by atoms with van der Waals surface area (Å²) in [4.78, 5) is 11.6.